The number of nitrogens with zero attached hydrogens (tertiary/aromatic N) is 3. The monoisotopic (exact) mass is 277 g/mol. The highest BCUT2D eigenvalue weighted by Crippen LogP contribution is 2.32. The molecule has 0 aliphatic carbocycles. The first-order valence-electron chi connectivity index (χ1n) is 5.38. The lowest BCUT2D eigenvalue weighted by atomic mass is 10.1. The highest BCUT2D eigenvalue weighted by molar-refractivity contribution is 6.36. The molecule has 0 radical (unpaired) electrons. The minimum absolute atomic E-state index is 0.211. The van der Waals surface area contributed by atoms with Crippen molar-refractivity contribution in [2.75, 3.05) is 18.0 Å². The van der Waals surface area contributed by atoms with Crippen LogP contribution < -0.4 is 4.90 Å². The summed E-state index contributed by atoms with van der Waals surface area (Å²) in [6.45, 7) is 1.32. The number of benzene rings is 1. The molecule has 90 valence electrons. The summed E-state index contributed by atoms with van der Waals surface area (Å²) < 4.78 is 0. The topological polar surface area (TPSA) is 50.8 Å². The molecule has 1 fully saturated rings. The van der Waals surface area contributed by atoms with E-state index in [1.54, 1.807) is 12.1 Å². The Morgan fingerprint density at radius 1 is 1.22 bits per heavy atom. The zero-order chi connectivity index (χ0) is 13.1. The Labute approximate surface area is 115 Å². The Balaban J connectivity index is 2.27. The Morgan fingerprint density at radius 3 is 2.56 bits per heavy atom. The summed E-state index contributed by atoms with van der Waals surface area (Å²) in [6.07, 6.45) is 0.718. The maximum absolute atomic E-state index is 8.84. The van der Waals surface area contributed by atoms with Gasteiger partial charge in [0.15, 0.2) is 0 Å². The predicted octanol–water partition coefficient (Wildman–Crippen LogP) is 3.55. The molecule has 0 unspecified atom stereocenters. The SMILES string of the molecule is N#CC(C#N)=C1CCN(c2ccc(Cl)cc2Cl)C1. The summed E-state index contributed by atoms with van der Waals surface area (Å²) in [7, 11) is 0. The van der Waals surface area contributed by atoms with E-state index in [0.29, 0.717) is 16.6 Å². The van der Waals surface area contributed by atoms with Crippen molar-refractivity contribution in [3.63, 3.8) is 0 Å². The maximum Gasteiger partial charge on any atom is 0.130 e. The van der Waals surface area contributed by atoms with Gasteiger partial charge in [-0.3, -0.25) is 0 Å². The van der Waals surface area contributed by atoms with E-state index in [-0.39, 0.29) is 5.57 Å². The van der Waals surface area contributed by atoms with Crippen LogP contribution in [0.4, 0.5) is 5.69 Å². The van der Waals surface area contributed by atoms with Gasteiger partial charge in [-0.25, -0.2) is 0 Å². The summed E-state index contributed by atoms with van der Waals surface area (Å²) in [5.74, 6) is 0. The van der Waals surface area contributed by atoms with Crippen molar-refractivity contribution in [2.45, 2.75) is 6.42 Å². The van der Waals surface area contributed by atoms with Gasteiger partial charge in [0.25, 0.3) is 0 Å². The lowest BCUT2D eigenvalue weighted by molar-refractivity contribution is 0.968. The van der Waals surface area contributed by atoms with Crippen LogP contribution in [0.5, 0.6) is 0 Å². The number of nitriles is 2. The number of hydrogen-bond acceptors (Lipinski definition) is 3. The van der Waals surface area contributed by atoms with Gasteiger partial charge >= 0.3 is 0 Å². The van der Waals surface area contributed by atoms with Crippen molar-refractivity contribution >= 4 is 28.9 Å². The third kappa shape index (κ3) is 2.43. The van der Waals surface area contributed by atoms with E-state index in [1.165, 1.54) is 0 Å². The van der Waals surface area contributed by atoms with E-state index in [1.807, 2.05) is 23.1 Å². The van der Waals surface area contributed by atoms with Gasteiger partial charge < -0.3 is 4.90 Å². The largest absolute Gasteiger partial charge is 0.366 e. The van der Waals surface area contributed by atoms with Gasteiger partial charge in [0.2, 0.25) is 0 Å². The standard InChI is InChI=1S/C13H9Cl2N3/c14-11-1-2-13(12(15)5-11)18-4-3-9(8-18)10(6-16)7-17/h1-2,5H,3-4,8H2. The van der Waals surface area contributed by atoms with Gasteiger partial charge in [-0.05, 0) is 30.2 Å². The van der Waals surface area contributed by atoms with Crippen LogP contribution in [0.1, 0.15) is 6.42 Å². The Kier molecular flexibility index (Phi) is 3.77. The van der Waals surface area contributed by atoms with Crippen molar-refractivity contribution < 1.29 is 0 Å². The minimum atomic E-state index is 0.211. The summed E-state index contributed by atoms with van der Waals surface area (Å²) in [5.41, 5.74) is 1.96. The van der Waals surface area contributed by atoms with Gasteiger partial charge in [-0.2, -0.15) is 10.5 Å². The molecule has 0 spiro atoms. The van der Waals surface area contributed by atoms with Crippen LogP contribution in [0.2, 0.25) is 10.0 Å². The molecular weight excluding hydrogens is 269 g/mol. The molecule has 18 heavy (non-hydrogen) atoms. The van der Waals surface area contributed by atoms with Crippen LogP contribution >= 0.6 is 23.2 Å². The zero-order valence-corrected chi connectivity index (χ0v) is 11.0. The molecular formula is C13H9Cl2N3. The number of halogens is 2. The van der Waals surface area contributed by atoms with Crippen molar-refractivity contribution in [3.05, 3.63) is 39.4 Å². The van der Waals surface area contributed by atoms with Crippen molar-refractivity contribution in [2.24, 2.45) is 0 Å². The molecule has 0 bridgehead atoms. The average Bonchev–Trinajstić information content (AvgIpc) is 2.80. The van der Waals surface area contributed by atoms with E-state index < -0.39 is 0 Å². The molecule has 3 nitrogen and oxygen atoms in total. The normalized spacial score (nSPS) is 14.2. The predicted molar refractivity (Wildman–Crippen MR) is 71.5 cm³/mol. The molecule has 1 saturated heterocycles. The molecule has 5 heteroatoms. The van der Waals surface area contributed by atoms with Crippen LogP contribution in [0.15, 0.2) is 29.3 Å². The second-order valence-corrected chi connectivity index (χ2v) is 4.81. The first-order chi connectivity index (χ1) is 8.65. The number of rotatable bonds is 1. The minimum Gasteiger partial charge on any atom is -0.366 e. The summed E-state index contributed by atoms with van der Waals surface area (Å²) in [6, 6.07) is 9.18. The second-order valence-electron chi connectivity index (χ2n) is 3.97. The Hall–Kier alpha value is -1.68. The highest BCUT2D eigenvalue weighted by atomic mass is 35.5. The molecule has 2 rings (SSSR count). The van der Waals surface area contributed by atoms with Gasteiger partial charge in [0, 0.05) is 18.1 Å². The summed E-state index contributed by atoms with van der Waals surface area (Å²) in [5, 5.41) is 18.9. The molecule has 0 amide bonds. The first kappa shape index (κ1) is 12.8. The lowest BCUT2D eigenvalue weighted by Gasteiger charge is -2.18. The van der Waals surface area contributed by atoms with E-state index in [9.17, 15) is 0 Å². The van der Waals surface area contributed by atoms with Crippen molar-refractivity contribution in [1.82, 2.24) is 0 Å². The molecule has 0 aromatic heterocycles. The van der Waals surface area contributed by atoms with E-state index in [2.05, 4.69) is 0 Å². The van der Waals surface area contributed by atoms with Crippen molar-refractivity contribution in [3.8, 4) is 12.1 Å². The summed E-state index contributed by atoms with van der Waals surface area (Å²) >= 11 is 12.0. The van der Waals surface area contributed by atoms with Gasteiger partial charge in [-0.1, -0.05) is 23.2 Å². The molecule has 0 N–H and O–H groups in total. The zero-order valence-electron chi connectivity index (χ0n) is 9.45. The van der Waals surface area contributed by atoms with E-state index in [4.69, 9.17) is 33.7 Å². The average molecular weight is 278 g/mol. The molecule has 1 aliphatic rings. The fraction of sp³-hybridized carbons (Fsp3) is 0.231. The second kappa shape index (κ2) is 5.31. The number of allylic oxidation sites excluding steroid dienone is 1. The van der Waals surface area contributed by atoms with Gasteiger partial charge in [-0.15, -0.1) is 0 Å². The van der Waals surface area contributed by atoms with Crippen LogP contribution in [-0.2, 0) is 0 Å². The van der Waals surface area contributed by atoms with Gasteiger partial charge in [0.1, 0.15) is 17.7 Å². The van der Waals surface area contributed by atoms with Crippen LogP contribution in [-0.4, -0.2) is 13.1 Å². The molecule has 0 saturated carbocycles. The maximum atomic E-state index is 8.84. The molecule has 1 aromatic rings. The Morgan fingerprint density at radius 2 is 1.94 bits per heavy atom. The van der Waals surface area contributed by atoms with Gasteiger partial charge in [0.05, 0.1) is 10.7 Å². The third-order valence-electron chi connectivity index (χ3n) is 2.89. The fourth-order valence-corrected chi connectivity index (χ4v) is 2.52. The smallest absolute Gasteiger partial charge is 0.130 e. The Bertz CT molecular complexity index is 577. The number of hydrogen-bond donors (Lipinski definition) is 0. The quantitative estimate of drug-likeness (QED) is 0.738. The van der Waals surface area contributed by atoms with Crippen LogP contribution in [0.25, 0.3) is 0 Å². The van der Waals surface area contributed by atoms with Crippen molar-refractivity contribution in [1.29, 1.82) is 10.5 Å². The first-order valence-corrected chi connectivity index (χ1v) is 6.13. The van der Waals surface area contributed by atoms with Crippen LogP contribution in [0.3, 0.4) is 0 Å². The van der Waals surface area contributed by atoms with E-state index in [0.717, 1.165) is 24.2 Å². The highest BCUT2D eigenvalue weighted by Gasteiger charge is 2.21. The molecule has 1 aliphatic heterocycles. The fourth-order valence-electron chi connectivity index (χ4n) is 1.99. The molecule has 1 aromatic carbocycles. The third-order valence-corrected chi connectivity index (χ3v) is 3.43. The molecule has 0 atom stereocenters. The lowest BCUT2D eigenvalue weighted by Crippen LogP contribution is -2.18. The van der Waals surface area contributed by atoms with Crippen LogP contribution in [0, 0.1) is 22.7 Å². The summed E-state index contributed by atoms with van der Waals surface area (Å²) in [4.78, 5) is 2.04. The number of anilines is 1. The molecule has 1 heterocycles. The van der Waals surface area contributed by atoms with E-state index >= 15 is 0 Å².